The number of aromatic nitrogens is 2. The van der Waals surface area contributed by atoms with E-state index in [4.69, 9.17) is 16.3 Å². The van der Waals surface area contributed by atoms with Crippen molar-refractivity contribution in [3.05, 3.63) is 46.8 Å². The molecule has 0 saturated carbocycles. The molecule has 7 nitrogen and oxygen atoms in total. The molecule has 8 heteroatoms. The Labute approximate surface area is 162 Å². The summed E-state index contributed by atoms with van der Waals surface area (Å²) in [7, 11) is 1.68. The molecule has 0 aromatic carbocycles. The maximum Gasteiger partial charge on any atom is 0.330 e. The van der Waals surface area contributed by atoms with Gasteiger partial charge in [0.2, 0.25) is 0 Å². The molecule has 0 unspecified atom stereocenters. The minimum Gasteiger partial charge on any atom is -0.463 e. The van der Waals surface area contributed by atoms with Crippen LogP contribution in [0.25, 0.3) is 6.08 Å². The SMILES string of the molecule is CCOC(=O)/C=C/c1cnc2c(c1)C(=O)N(C)c1ccc(Cl)nc1N2CC. The molecule has 1 amide bonds. The average Bonchev–Trinajstić information content (AvgIpc) is 2.74. The second kappa shape index (κ2) is 7.75. The third kappa shape index (κ3) is 3.64. The number of pyridine rings is 2. The van der Waals surface area contributed by atoms with Gasteiger partial charge in [0.25, 0.3) is 5.91 Å². The summed E-state index contributed by atoms with van der Waals surface area (Å²) >= 11 is 6.07. The maximum atomic E-state index is 13.0. The Morgan fingerprint density at radius 2 is 2.07 bits per heavy atom. The first-order chi connectivity index (χ1) is 13.0. The molecule has 1 aliphatic rings. The summed E-state index contributed by atoms with van der Waals surface area (Å²) in [6, 6.07) is 5.11. The fraction of sp³-hybridized carbons (Fsp3) is 0.263. The van der Waals surface area contributed by atoms with Gasteiger partial charge in [-0.3, -0.25) is 4.79 Å². The number of nitrogens with zero attached hydrogens (tertiary/aromatic N) is 4. The summed E-state index contributed by atoms with van der Waals surface area (Å²) in [4.78, 5) is 36.8. The molecule has 0 N–H and O–H groups in total. The second-order valence-electron chi connectivity index (χ2n) is 5.81. The van der Waals surface area contributed by atoms with E-state index in [1.807, 2.05) is 11.8 Å². The van der Waals surface area contributed by atoms with Gasteiger partial charge in [-0.25, -0.2) is 14.8 Å². The molecule has 1 aliphatic heterocycles. The van der Waals surface area contributed by atoms with Gasteiger partial charge in [-0.15, -0.1) is 0 Å². The third-order valence-electron chi connectivity index (χ3n) is 4.13. The summed E-state index contributed by atoms with van der Waals surface area (Å²) in [6.07, 6.45) is 4.48. The van der Waals surface area contributed by atoms with Crippen LogP contribution in [0.2, 0.25) is 5.15 Å². The van der Waals surface area contributed by atoms with Crippen molar-refractivity contribution < 1.29 is 14.3 Å². The van der Waals surface area contributed by atoms with Crippen molar-refractivity contribution in [2.45, 2.75) is 13.8 Å². The summed E-state index contributed by atoms with van der Waals surface area (Å²) in [6.45, 7) is 4.54. The summed E-state index contributed by atoms with van der Waals surface area (Å²) in [5.41, 5.74) is 1.68. The monoisotopic (exact) mass is 386 g/mol. The van der Waals surface area contributed by atoms with E-state index in [1.165, 1.54) is 11.0 Å². The molecule has 0 atom stereocenters. The number of carbonyl (C=O) groups excluding carboxylic acids is 2. The number of fused-ring (bicyclic) bond motifs is 2. The van der Waals surface area contributed by atoms with Crippen LogP contribution < -0.4 is 9.80 Å². The molecular formula is C19H19ClN4O3. The Hall–Kier alpha value is -2.93. The molecule has 3 heterocycles. The van der Waals surface area contributed by atoms with E-state index in [1.54, 1.807) is 44.4 Å². The highest BCUT2D eigenvalue weighted by atomic mass is 35.5. The van der Waals surface area contributed by atoms with Gasteiger partial charge in [0.05, 0.1) is 17.9 Å². The molecule has 0 saturated heterocycles. The molecule has 27 heavy (non-hydrogen) atoms. The molecule has 2 aromatic rings. The summed E-state index contributed by atoms with van der Waals surface area (Å²) in [5.74, 6) is 0.403. The van der Waals surface area contributed by atoms with Crippen molar-refractivity contribution in [1.29, 1.82) is 0 Å². The number of rotatable bonds is 4. The van der Waals surface area contributed by atoms with E-state index in [2.05, 4.69) is 9.97 Å². The highest BCUT2D eigenvalue weighted by Crippen LogP contribution is 2.38. The summed E-state index contributed by atoms with van der Waals surface area (Å²) < 4.78 is 4.87. The first kappa shape index (κ1) is 18.8. The Bertz CT molecular complexity index is 929. The number of hydrogen-bond acceptors (Lipinski definition) is 6. The lowest BCUT2D eigenvalue weighted by molar-refractivity contribution is -0.137. The van der Waals surface area contributed by atoms with Gasteiger partial charge in [0.15, 0.2) is 5.82 Å². The van der Waals surface area contributed by atoms with Crippen molar-refractivity contribution in [1.82, 2.24) is 9.97 Å². The van der Waals surface area contributed by atoms with Gasteiger partial charge in [-0.2, -0.15) is 0 Å². The summed E-state index contributed by atoms with van der Waals surface area (Å²) in [5, 5.41) is 0.338. The number of halogens is 1. The van der Waals surface area contributed by atoms with Gasteiger partial charge >= 0.3 is 5.97 Å². The van der Waals surface area contributed by atoms with Gasteiger partial charge < -0.3 is 14.5 Å². The topological polar surface area (TPSA) is 75.6 Å². The molecule has 0 radical (unpaired) electrons. The Kier molecular flexibility index (Phi) is 5.41. The minimum atomic E-state index is -0.447. The van der Waals surface area contributed by atoms with Crippen LogP contribution in [0.15, 0.2) is 30.5 Å². The van der Waals surface area contributed by atoms with E-state index < -0.39 is 5.97 Å². The zero-order valence-electron chi connectivity index (χ0n) is 15.3. The third-order valence-corrected chi connectivity index (χ3v) is 4.34. The van der Waals surface area contributed by atoms with E-state index in [0.717, 1.165) is 0 Å². The highest BCUT2D eigenvalue weighted by Gasteiger charge is 2.30. The lowest BCUT2D eigenvalue weighted by Gasteiger charge is -2.22. The average molecular weight is 387 g/mol. The number of anilines is 3. The predicted octanol–water partition coefficient (Wildman–Crippen LogP) is 3.45. The van der Waals surface area contributed by atoms with Gasteiger partial charge in [0.1, 0.15) is 11.0 Å². The van der Waals surface area contributed by atoms with E-state index in [0.29, 0.717) is 46.8 Å². The van der Waals surface area contributed by atoms with Crippen LogP contribution in [0.5, 0.6) is 0 Å². The molecule has 3 rings (SSSR count). The number of amides is 1. The normalized spacial score (nSPS) is 13.4. The fourth-order valence-corrected chi connectivity index (χ4v) is 3.00. The number of hydrogen-bond donors (Lipinski definition) is 0. The van der Waals surface area contributed by atoms with Crippen LogP contribution in [0.3, 0.4) is 0 Å². The van der Waals surface area contributed by atoms with Crippen LogP contribution in [-0.2, 0) is 9.53 Å². The number of ether oxygens (including phenoxy) is 1. The van der Waals surface area contributed by atoms with Crippen molar-refractivity contribution in [3.63, 3.8) is 0 Å². The number of carbonyl (C=O) groups is 2. The largest absolute Gasteiger partial charge is 0.463 e. The second-order valence-corrected chi connectivity index (χ2v) is 6.20. The lowest BCUT2D eigenvalue weighted by atomic mass is 10.1. The fourth-order valence-electron chi connectivity index (χ4n) is 2.86. The predicted molar refractivity (Wildman–Crippen MR) is 105 cm³/mol. The zero-order chi connectivity index (χ0) is 19.6. The van der Waals surface area contributed by atoms with Gasteiger partial charge in [-0.05, 0) is 43.7 Å². The molecule has 2 aromatic heterocycles. The van der Waals surface area contributed by atoms with Crippen molar-refractivity contribution in [3.8, 4) is 0 Å². The van der Waals surface area contributed by atoms with Crippen molar-refractivity contribution >= 4 is 46.9 Å². The zero-order valence-corrected chi connectivity index (χ0v) is 16.0. The molecular weight excluding hydrogens is 368 g/mol. The van der Waals surface area contributed by atoms with Crippen molar-refractivity contribution in [2.24, 2.45) is 0 Å². The molecule has 140 valence electrons. The van der Waals surface area contributed by atoms with Crippen LogP contribution in [-0.4, -0.2) is 42.0 Å². The Morgan fingerprint density at radius 1 is 1.30 bits per heavy atom. The van der Waals surface area contributed by atoms with Crippen LogP contribution in [0, 0.1) is 0 Å². The number of esters is 1. The van der Waals surface area contributed by atoms with E-state index >= 15 is 0 Å². The standard InChI is InChI=1S/C19H19ClN4O3/c1-4-24-17-13(10-12(11-21-17)6-9-16(25)27-5-2)19(26)23(3)14-7-8-15(20)22-18(14)24/h6-11H,4-5H2,1-3H3/b9-6+. The highest BCUT2D eigenvalue weighted by molar-refractivity contribution is 6.29. The van der Waals surface area contributed by atoms with Crippen molar-refractivity contribution in [2.75, 3.05) is 30.0 Å². The Morgan fingerprint density at radius 3 is 2.78 bits per heavy atom. The van der Waals surface area contributed by atoms with Crippen LogP contribution in [0.1, 0.15) is 29.8 Å². The van der Waals surface area contributed by atoms with Gasteiger partial charge in [0, 0.05) is 25.9 Å². The lowest BCUT2D eigenvalue weighted by Crippen LogP contribution is -2.25. The smallest absolute Gasteiger partial charge is 0.330 e. The maximum absolute atomic E-state index is 13.0. The van der Waals surface area contributed by atoms with E-state index in [-0.39, 0.29) is 5.91 Å². The minimum absolute atomic E-state index is 0.217. The molecule has 0 fully saturated rings. The van der Waals surface area contributed by atoms with Gasteiger partial charge in [-0.1, -0.05) is 11.6 Å². The van der Waals surface area contributed by atoms with Crippen LogP contribution in [0.4, 0.5) is 17.3 Å². The molecule has 0 spiro atoms. The first-order valence-corrected chi connectivity index (χ1v) is 8.91. The Balaban J connectivity index is 2.09. The molecule has 0 aliphatic carbocycles. The van der Waals surface area contributed by atoms with Crippen LogP contribution >= 0.6 is 11.6 Å². The van der Waals surface area contributed by atoms with E-state index in [9.17, 15) is 9.59 Å². The quantitative estimate of drug-likeness (QED) is 0.455. The first-order valence-electron chi connectivity index (χ1n) is 8.53. The molecule has 0 bridgehead atoms.